The Labute approximate surface area is 45.0 Å². The van der Waals surface area contributed by atoms with E-state index in [1.807, 2.05) is 16.7 Å². The molecule has 0 N–H and O–H groups in total. The standard InChI is InChI=1S/C3H4GeNO/c4-5-2-1-3(5)6/h1-2H2. The van der Waals surface area contributed by atoms with Crippen LogP contribution in [0.25, 0.3) is 0 Å². The minimum absolute atomic E-state index is 0.273. The summed E-state index contributed by atoms with van der Waals surface area (Å²) in [5, 5.41) is 0. The Morgan fingerprint density at radius 3 is 2.33 bits per heavy atom. The van der Waals surface area contributed by atoms with Gasteiger partial charge in [0.05, 0.1) is 0 Å². The average molecular weight is 143 g/mol. The molecule has 3 heteroatoms. The summed E-state index contributed by atoms with van der Waals surface area (Å²) < 4.78 is 1.71. The van der Waals surface area contributed by atoms with Crippen LogP contribution in [-0.2, 0) is 4.79 Å². The second-order valence-corrected chi connectivity index (χ2v) is 2.43. The third-order valence-electron chi connectivity index (χ3n) is 0.850. The van der Waals surface area contributed by atoms with E-state index in [-0.39, 0.29) is 5.91 Å². The molecule has 3 radical (unpaired) electrons. The Balaban J connectivity index is 2.39. The fourth-order valence-corrected chi connectivity index (χ4v) is 0.784. The maximum atomic E-state index is 10.2. The number of carbonyl (C=O) groups excluding carboxylic acids is 1. The van der Waals surface area contributed by atoms with Crippen molar-refractivity contribution in [2.24, 2.45) is 0 Å². The number of nitrogens with zero attached hydrogens (tertiary/aromatic N) is 1. The molecule has 1 amide bonds. The first kappa shape index (κ1) is 4.18. The third kappa shape index (κ3) is 0.448. The van der Waals surface area contributed by atoms with Gasteiger partial charge in [0.2, 0.25) is 0 Å². The summed E-state index contributed by atoms with van der Waals surface area (Å²) in [6, 6.07) is 0. The monoisotopic (exact) mass is 144 g/mol. The molecule has 1 rings (SSSR count). The van der Waals surface area contributed by atoms with Crippen molar-refractivity contribution in [3.63, 3.8) is 0 Å². The van der Waals surface area contributed by atoms with E-state index in [0.29, 0.717) is 0 Å². The molecule has 0 aromatic carbocycles. The van der Waals surface area contributed by atoms with Crippen LogP contribution in [0.5, 0.6) is 0 Å². The second-order valence-electron chi connectivity index (χ2n) is 1.30. The van der Waals surface area contributed by atoms with Gasteiger partial charge in [-0.05, 0) is 0 Å². The predicted molar refractivity (Wildman–Crippen MR) is 22.1 cm³/mol. The Morgan fingerprint density at radius 2 is 2.33 bits per heavy atom. The summed E-state index contributed by atoms with van der Waals surface area (Å²) in [7, 11) is 0. The predicted octanol–water partition coefficient (Wildman–Crippen LogP) is -0.698. The minimum atomic E-state index is 0.273. The van der Waals surface area contributed by atoms with Gasteiger partial charge in [-0.1, -0.05) is 0 Å². The number of hydrogen-bond donors (Lipinski definition) is 0. The van der Waals surface area contributed by atoms with E-state index < -0.39 is 0 Å². The van der Waals surface area contributed by atoms with Crippen molar-refractivity contribution >= 4 is 22.6 Å². The van der Waals surface area contributed by atoms with Crippen LogP contribution in [-0.4, -0.2) is 33.0 Å². The van der Waals surface area contributed by atoms with Gasteiger partial charge in [0.1, 0.15) is 0 Å². The number of amides is 1. The van der Waals surface area contributed by atoms with Crippen LogP contribution in [0, 0.1) is 0 Å². The van der Waals surface area contributed by atoms with E-state index in [2.05, 4.69) is 0 Å². The van der Waals surface area contributed by atoms with E-state index in [4.69, 9.17) is 0 Å². The summed E-state index contributed by atoms with van der Waals surface area (Å²) in [6.07, 6.45) is 0.760. The van der Waals surface area contributed by atoms with E-state index in [0.717, 1.165) is 13.0 Å². The molecule has 0 spiro atoms. The van der Waals surface area contributed by atoms with Crippen molar-refractivity contribution in [1.29, 1.82) is 0 Å². The molecule has 0 atom stereocenters. The van der Waals surface area contributed by atoms with Gasteiger partial charge < -0.3 is 0 Å². The van der Waals surface area contributed by atoms with Crippen molar-refractivity contribution < 1.29 is 4.79 Å². The van der Waals surface area contributed by atoms with Gasteiger partial charge in [-0.2, -0.15) is 0 Å². The van der Waals surface area contributed by atoms with E-state index in [1.54, 1.807) is 3.86 Å². The molecule has 1 aliphatic heterocycles. The molecule has 1 saturated heterocycles. The van der Waals surface area contributed by atoms with Crippen LogP contribution in [0.15, 0.2) is 0 Å². The molecule has 1 heterocycles. The number of hydrogen-bond acceptors (Lipinski definition) is 1. The van der Waals surface area contributed by atoms with Gasteiger partial charge in [-0.15, -0.1) is 0 Å². The van der Waals surface area contributed by atoms with Crippen LogP contribution in [0.1, 0.15) is 6.42 Å². The van der Waals surface area contributed by atoms with Crippen molar-refractivity contribution in [2.45, 2.75) is 6.42 Å². The molecule has 1 aliphatic rings. The van der Waals surface area contributed by atoms with Crippen LogP contribution < -0.4 is 0 Å². The molecule has 0 saturated carbocycles. The summed E-state index contributed by atoms with van der Waals surface area (Å²) >= 11 is 1.81. The molecule has 0 unspecified atom stereocenters. The average Bonchev–Trinajstić information content (AvgIpc) is 1.61. The molecular formula is C3H4GeNO. The Bertz CT molecular complexity index is 82.9. The maximum absolute atomic E-state index is 10.2. The van der Waals surface area contributed by atoms with Gasteiger partial charge in [0, 0.05) is 0 Å². The second kappa shape index (κ2) is 1.26. The van der Waals surface area contributed by atoms with Gasteiger partial charge in [0.25, 0.3) is 0 Å². The summed E-state index contributed by atoms with van der Waals surface area (Å²) in [4.78, 5) is 10.2. The molecular weight excluding hydrogens is 139 g/mol. The van der Waals surface area contributed by atoms with Crippen molar-refractivity contribution in [3.8, 4) is 0 Å². The summed E-state index contributed by atoms with van der Waals surface area (Å²) in [5.74, 6) is 0.273. The van der Waals surface area contributed by atoms with Gasteiger partial charge in [-0.25, -0.2) is 0 Å². The molecule has 0 aromatic rings. The first-order chi connectivity index (χ1) is 2.80. The van der Waals surface area contributed by atoms with Crippen LogP contribution in [0.4, 0.5) is 0 Å². The SMILES string of the molecule is O=C1CC[N]1[Ge]. The molecule has 0 aromatic heterocycles. The summed E-state index contributed by atoms with van der Waals surface area (Å²) in [6.45, 7) is 0.957. The fraction of sp³-hybridized carbons (Fsp3) is 0.667. The zero-order valence-electron chi connectivity index (χ0n) is 3.27. The number of carbonyl (C=O) groups is 1. The van der Waals surface area contributed by atoms with Gasteiger partial charge in [0.15, 0.2) is 0 Å². The quantitative estimate of drug-likeness (QED) is 0.324. The Morgan fingerprint density at radius 1 is 1.83 bits per heavy atom. The van der Waals surface area contributed by atoms with Crippen LogP contribution >= 0.6 is 0 Å². The topological polar surface area (TPSA) is 20.3 Å². The van der Waals surface area contributed by atoms with Crippen LogP contribution in [0.3, 0.4) is 0 Å². The van der Waals surface area contributed by atoms with Crippen molar-refractivity contribution in [3.05, 3.63) is 0 Å². The van der Waals surface area contributed by atoms with Gasteiger partial charge >= 0.3 is 44.3 Å². The van der Waals surface area contributed by atoms with Crippen molar-refractivity contribution in [2.75, 3.05) is 6.54 Å². The zero-order chi connectivity index (χ0) is 4.57. The molecule has 1 fully saturated rings. The first-order valence-corrected chi connectivity index (χ1v) is 2.76. The molecule has 2 nitrogen and oxygen atoms in total. The van der Waals surface area contributed by atoms with Crippen LogP contribution in [0.2, 0.25) is 0 Å². The fourth-order valence-electron chi connectivity index (χ4n) is 0.315. The summed E-state index contributed by atoms with van der Waals surface area (Å²) in [5.41, 5.74) is 0. The first-order valence-electron chi connectivity index (χ1n) is 1.82. The molecule has 31 valence electrons. The van der Waals surface area contributed by atoms with E-state index in [1.165, 1.54) is 0 Å². The van der Waals surface area contributed by atoms with Gasteiger partial charge in [-0.3, -0.25) is 0 Å². The third-order valence-corrected chi connectivity index (χ3v) is 1.84. The molecule has 0 bridgehead atoms. The number of β-lactam (4-membered cyclic amide) rings is 1. The molecule has 0 aliphatic carbocycles. The number of rotatable bonds is 0. The normalized spacial score (nSPS) is 20.8. The molecule has 6 heavy (non-hydrogen) atoms. The van der Waals surface area contributed by atoms with Crippen molar-refractivity contribution in [1.82, 2.24) is 3.86 Å². The Kier molecular flexibility index (Phi) is 0.876. The Hall–Kier alpha value is 0.0129. The van der Waals surface area contributed by atoms with E-state index in [9.17, 15) is 4.79 Å². The zero-order valence-corrected chi connectivity index (χ0v) is 5.37. The van der Waals surface area contributed by atoms with E-state index >= 15 is 0 Å².